The number of carbonyl (C=O) groups is 1. The molecule has 4 N–H and O–H groups in total. The van der Waals surface area contributed by atoms with Crippen LogP contribution in [-0.4, -0.2) is 27.9 Å². The standard InChI is InChI=1S/C12H13N5OS/c1-6-10(11(13)12(18)17-14-6)9-4-8(15-16-9)7-2-3-19-5-7/h2-5,10-11H,13H2,1H3,(H,15,16)(H,17,18). The average Bonchev–Trinajstić information content (AvgIpc) is 3.04. The molecular formula is C12H13N5OS. The van der Waals surface area contributed by atoms with Crippen LogP contribution in [0.1, 0.15) is 18.5 Å². The summed E-state index contributed by atoms with van der Waals surface area (Å²) in [6, 6.07) is 3.27. The van der Waals surface area contributed by atoms with Gasteiger partial charge in [-0.15, -0.1) is 0 Å². The largest absolute Gasteiger partial charge is 0.319 e. The SMILES string of the molecule is CC1=NNC(=O)C(N)C1c1cc(-c2ccsc2)n[nH]1. The lowest BCUT2D eigenvalue weighted by atomic mass is 9.90. The summed E-state index contributed by atoms with van der Waals surface area (Å²) in [6.45, 7) is 1.84. The summed E-state index contributed by atoms with van der Waals surface area (Å²) in [5, 5.41) is 15.2. The van der Waals surface area contributed by atoms with Crippen molar-refractivity contribution in [3.05, 3.63) is 28.6 Å². The molecule has 3 rings (SSSR count). The lowest BCUT2D eigenvalue weighted by molar-refractivity contribution is -0.122. The number of hydrogen-bond donors (Lipinski definition) is 3. The highest BCUT2D eigenvalue weighted by Gasteiger charge is 2.33. The number of thiophene rings is 1. The number of aromatic nitrogens is 2. The molecule has 0 saturated heterocycles. The van der Waals surface area contributed by atoms with Crippen molar-refractivity contribution < 1.29 is 4.79 Å². The van der Waals surface area contributed by atoms with Gasteiger partial charge in [-0.2, -0.15) is 21.5 Å². The van der Waals surface area contributed by atoms with Gasteiger partial charge in [0.25, 0.3) is 5.91 Å². The average molecular weight is 275 g/mol. The molecule has 2 atom stereocenters. The van der Waals surface area contributed by atoms with Crippen LogP contribution in [0.3, 0.4) is 0 Å². The zero-order valence-electron chi connectivity index (χ0n) is 10.3. The Hall–Kier alpha value is -1.99. The van der Waals surface area contributed by atoms with E-state index in [1.165, 1.54) is 0 Å². The van der Waals surface area contributed by atoms with E-state index in [1.807, 2.05) is 29.8 Å². The van der Waals surface area contributed by atoms with E-state index in [-0.39, 0.29) is 11.8 Å². The van der Waals surface area contributed by atoms with Gasteiger partial charge in [0.1, 0.15) is 0 Å². The Morgan fingerprint density at radius 2 is 2.32 bits per heavy atom. The topological polar surface area (TPSA) is 96.2 Å². The summed E-state index contributed by atoms with van der Waals surface area (Å²) < 4.78 is 0. The summed E-state index contributed by atoms with van der Waals surface area (Å²) in [6.07, 6.45) is 0. The van der Waals surface area contributed by atoms with Crippen LogP contribution in [0.4, 0.5) is 0 Å². The smallest absolute Gasteiger partial charge is 0.258 e. The molecule has 0 aliphatic carbocycles. The van der Waals surface area contributed by atoms with Gasteiger partial charge in [0, 0.05) is 22.3 Å². The van der Waals surface area contributed by atoms with Crippen molar-refractivity contribution in [2.24, 2.45) is 10.8 Å². The normalized spacial score (nSPS) is 23.1. The Bertz CT molecular complexity index is 630. The van der Waals surface area contributed by atoms with E-state index in [2.05, 4.69) is 20.7 Å². The first-order valence-electron chi connectivity index (χ1n) is 5.84. The predicted octanol–water partition coefficient (Wildman–Crippen LogP) is 1.05. The molecule has 0 radical (unpaired) electrons. The molecule has 7 heteroatoms. The molecule has 0 fully saturated rings. The minimum Gasteiger partial charge on any atom is -0.319 e. The minimum atomic E-state index is -0.645. The highest BCUT2D eigenvalue weighted by atomic mass is 32.1. The highest BCUT2D eigenvalue weighted by molar-refractivity contribution is 7.08. The lowest BCUT2D eigenvalue weighted by Gasteiger charge is -2.25. The molecule has 98 valence electrons. The van der Waals surface area contributed by atoms with Crippen molar-refractivity contribution in [3.63, 3.8) is 0 Å². The fraction of sp³-hybridized carbons (Fsp3) is 0.250. The Morgan fingerprint density at radius 3 is 3.05 bits per heavy atom. The Balaban J connectivity index is 1.96. The fourth-order valence-corrected chi connectivity index (χ4v) is 2.82. The van der Waals surface area contributed by atoms with Gasteiger partial charge in [0.15, 0.2) is 0 Å². The van der Waals surface area contributed by atoms with E-state index < -0.39 is 6.04 Å². The van der Waals surface area contributed by atoms with E-state index in [0.717, 1.165) is 22.7 Å². The van der Waals surface area contributed by atoms with Crippen molar-refractivity contribution in [2.75, 3.05) is 0 Å². The van der Waals surface area contributed by atoms with Gasteiger partial charge in [0.2, 0.25) is 0 Å². The molecule has 1 aliphatic heterocycles. The predicted molar refractivity (Wildman–Crippen MR) is 73.9 cm³/mol. The summed E-state index contributed by atoms with van der Waals surface area (Å²) in [4.78, 5) is 11.6. The van der Waals surface area contributed by atoms with Gasteiger partial charge < -0.3 is 5.73 Å². The molecule has 1 amide bonds. The molecule has 6 nitrogen and oxygen atoms in total. The van der Waals surface area contributed by atoms with Crippen LogP contribution in [0.5, 0.6) is 0 Å². The summed E-state index contributed by atoms with van der Waals surface area (Å²) in [5.74, 6) is -0.532. The number of hydrazone groups is 1. The molecule has 19 heavy (non-hydrogen) atoms. The third kappa shape index (κ3) is 2.06. The van der Waals surface area contributed by atoms with E-state index >= 15 is 0 Å². The lowest BCUT2D eigenvalue weighted by Crippen LogP contribution is -2.49. The number of nitrogens with two attached hydrogens (primary N) is 1. The van der Waals surface area contributed by atoms with Crippen LogP contribution in [0.15, 0.2) is 28.0 Å². The van der Waals surface area contributed by atoms with E-state index in [9.17, 15) is 4.79 Å². The maximum absolute atomic E-state index is 11.6. The van der Waals surface area contributed by atoms with Crippen LogP contribution >= 0.6 is 11.3 Å². The first kappa shape index (κ1) is 12.1. The molecule has 3 heterocycles. The monoisotopic (exact) mass is 275 g/mol. The number of rotatable bonds is 2. The molecule has 0 saturated carbocycles. The second-order valence-corrected chi connectivity index (χ2v) is 5.23. The van der Waals surface area contributed by atoms with Gasteiger partial charge in [-0.3, -0.25) is 9.89 Å². The second-order valence-electron chi connectivity index (χ2n) is 4.45. The summed E-state index contributed by atoms with van der Waals surface area (Å²) in [5.41, 5.74) is 11.8. The third-order valence-electron chi connectivity index (χ3n) is 3.20. The van der Waals surface area contributed by atoms with Crippen molar-refractivity contribution >= 4 is 23.0 Å². The highest BCUT2D eigenvalue weighted by Crippen LogP contribution is 2.26. The zero-order chi connectivity index (χ0) is 13.4. The van der Waals surface area contributed by atoms with Crippen LogP contribution < -0.4 is 11.2 Å². The number of nitrogens with zero attached hydrogens (tertiary/aromatic N) is 2. The Kier molecular flexibility index (Phi) is 2.92. The maximum atomic E-state index is 11.6. The van der Waals surface area contributed by atoms with Crippen LogP contribution in [-0.2, 0) is 4.79 Å². The van der Waals surface area contributed by atoms with Crippen LogP contribution in [0, 0.1) is 0 Å². The number of H-pyrrole nitrogens is 1. The van der Waals surface area contributed by atoms with Gasteiger partial charge >= 0.3 is 0 Å². The van der Waals surface area contributed by atoms with E-state index in [0.29, 0.717) is 0 Å². The van der Waals surface area contributed by atoms with E-state index in [4.69, 9.17) is 5.73 Å². The Labute approximate surface area is 113 Å². The number of amides is 1. The molecule has 2 aromatic rings. The van der Waals surface area contributed by atoms with Gasteiger partial charge in [0.05, 0.1) is 17.7 Å². The van der Waals surface area contributed by atoms with Crippen LogP contribution in [0.2, 0.25) is 0 Å². The van der Waals surface area contributed by atoms with Crippen molar-refractivity contribution in [3.8, 4) is 11.3 Å². The van der Waals surface area contributed by atoms with Crippen molar-refractivity contribution in [1.29, 1.82) is 0 Å². The summed E-state index contributed by atoms with van der Waals surface area (Å²) >= 11 is 1.61. The van der Waals surface area contributed by atoms with Crippen LogP contribution in [0.25, 0.3) is 11.3 Å². The first-order chi connectivity index (χ1) is 9.16. The minimum absolute atomic E-state index is 0.256. The number of hydrogen-bond acceptors (Lipinski definition) is 5. The van der Waals surface area contributed by atoms with Gasteiger partial charge in [-0.05, 0) is 24.4 Å². The number of nitrogens with one attached hydrogen (secondary N) is 2. The van der Waals surface area contributed by atoms with Gasteiger partial charge in [-0.1, -0.05) is 0 Å². The number of aromatic amines is 1. The molecule has 2 aromatic heterocycles. The third-order valence-corrected chi connectivity index (χ3v) is 3.89. The fourth-order valence-electron chi connectivity index (χ4n) is 2.17. The first-order valence-corrected chi connectivity index (χ1v) is 6.78. The van der Waals surface area contributed by atoms with Gasteiger partial charge in [-0.25, -0.2) is 5.43 Å². The molecule has 0 bridgehead atoms. The molecular weight excluding hydrogens is 262 g/mol. The summed E-state index contributed by atoms with van der Waals surface area (Å²) in [7, 11) is 0. The van der Waals surface area contributed by atoms with E-state index in [1.54, 1.807) is 11.3 Å². The van der Waals surface area contributed by atoms with Crippen molar-refractivity contribution in [2.45, 2.75) is 18.9 Å². The number of carbonyl (C=O) groups excluding carboxylic acids is 1. The molecule has 0 aromatic carbocycles. The zero-order valence-corrected chi connectivity index (χ0v) is 11.1. The molecule has 2 unspecified atom stereocenters. The molecule has 1 aliphatic rings. The van der Waals surface area contributed by atoms with Crippen molar-refractivity contribution in [1.82, 2.24) is 15.6 Å². The molecule has 0 spiro atoms. The maximum Gasteiger partial charge on any atom is 0.258 e. The second kappa shape index (κ2) is 4.60. The quantitative estimate of drug-likeness (QED) is 0.764. The Morgan fingerprint density at radius 1 is 1.47 bits per heavy atom.